The van der Waals surface area contributed by atoms with Crippen molar-refractivity contribution < 1.29 is 18.7 Å². The second-order valence-corrected chi connectivity index (χ2v) is 5.85. The second-order valence-electron chi connectivity index (χ2n) is 4.93. The molecule has 6 heteroatoms. The van der Waals surface area contributed by atoms with Gasteiger partial charge in [0.2, 0.25) is 0 Å². The number of ether oxygens (including phenoxy) is 2. The average molecular weight is 382 g/mol. The first kappa shape index (κ1) is 17.3. The minimum Gasteiger partial charge on any atom is -0.493 e. The molecule has 2 aromatic rings. The van der Waals surface area contributed by atoms with Crippen molar-refractivity contribution in [3.8, 4) is 11.5 Å². The van der Waals surface area contributed by atoms with Gasteiger partial charge in [-0.2, -0.15) is 0 Å². The molecule has 2 aromatic carbocycles. The van der Waals surface area contributed by atoms with Gasteiger partial charge in [0.25, 0.3) is 5.91 Å². The number of carbonyl (C=O) groups excluding carboxylic acids is 1. The van der Waals surface area contributed by atoms with Gasteiger partial charge in [0.15, 0.2) is 11.5 Å². The molecule has 1 atom stereocenters. The summed E-state index contributed by atoms with van der Waals surface area (Å²) >= 11 is 3.23. The Morgan fingerprint density at radius 1 is 1.13 bits per heavy atom. The van der Waals surface area contributed by atoms with Crippen LogP contribution in [0.5, 0.6) is 11.5 Å². The second kappa shape index (κ2) is 7.46. The van der Waals surface area contributed by atoms with Gasteiger partial charge < -0.3 is 14.8 Å². The molecule has 0 aliphatic carbocycles. The number of hydrogen-bond donors (Lipinski definition) is 1. The average Bonchev–Trinajstić information content (AvgIpc) is 2.56. The standard InChI is InChI=1S/C17H17BrFNO3/c1-10(11-4-7-15(22-2)16(8-11)23-3)20-17(21)13-9-12(18)5-6-14(13)19/h4-10H,1-3H3,(H,20,21). The lowest BCUT2D eigenvalue weighted by atomic mass is 10.1. The van der Waals surface area contributed by atoms with E-state index in [9.17, 15) is 9.18 Å². The monoisotopic (exact) mass is 381 g/mol. The Balaban J connectivity index is 2.19. The van der Waals surface area contributed by atoms with E-state index in [4.69, 9.17) is 9.47 Å². The molecule has 1 amide bonds. The summed E-state index contributed by atoms with van der Waals surface area (Å²) < 4.78 is 24.8. The van der Waals surface area contributed by atoms with Crippen LogP contribution in [0.4, 0.5) is 4.39 Å². The third kappa shape index (κ3) is 4.01. The van der Waals surface area contributed by atoms with E-state index < -0.39 is 11.7 Å². The number of amides is 1. The Morgan fingerprint density at radius 2 is 1.83 bits per heavy atom. The first-order valence-corrected chi connectivity index (χ1v) is 7.73. The third-order valence-corrected chi connectivity index (χ3v) is 3.92. The quantitative estimate of drug-likeness (QED) is 0.847. The Labute approximate surface area is 142 Å². The van der Waals surface area contributed by atoms with Gasteiger partial charge in [-0.3, -0.25) is 4.79 Å². The zero-order chi connectivity index (χ0) is 17.0. The number of carbonyl (C=O) groups is 1. The summed E-state index contributed by atoms with van der Waals surface area (Å²) in [7, 11) is 3.10. The van der Waals surface area contributed by atoms with Gasteiger partial charge in [-0.25, -0.2) is 4.39 Å². The Kier molecular flexibility index (Phi) is 5.60. The van der Waals surface area contributed by atoms with Crippen molar-refractivity contribution in [2.45, 2.75) is 13.0 Å². The number of hydrogen-bond acceptors (Lipinski definition) is 3. The van der Waals surface area contributed by atoms with E-state index in [0.717, 1.165) is 5.56 Å². The highest BCUT2D eigenvalue weighted by atomic mass is 79.9. The summed E-state index contributed by atoms with van der Waals surface area (Å²) in [6.07, 6.45) is 0. The highest BCUT2D eigenvalue weighted by molar-refractivity contribution is 9.10. The van der Waals surface area contributed by atoms with E-state index in [1.165, 1.54) is 12.1 Å². The molecule has 0 aliphatic heterocycles. The van der Waals surface area contributed by atoms with Crippen LogP contribution in [-0.4, -0.2) is 20.1 Å². The summed E-state index contributed by atoms with van der Waals surface area (Å²) in [6.45, 7) is 1.81. The number of methoxy groups -OCH3 is 2. The van der Waals surface area contributed by atoms with Crippen molar-refractivity contribution in [3.05, 3.63) is 57.8 Å². The van der Waals surface area contributed by atoms with Crippen LogP contribution in [0.25, 0.3) is 0 Å². The van der Waals surface area contributed by atoms with Crippen LogP contribution < -0.4 is 14.8 Å². The third-order valence-electron chi connectivity index (χ3n) is 3.43. The maximum atomic E-state index is 13.8. The van der Waals surface area contributed by atoms with E-state index in [0.29, 0.717) is 16.0 Å². The van der Waals surface area contributed by atoms with Gasteiger partial charge in [0, 0.05) is 4.47 Å². The minimum atomic E-state index is -0.565. The molecule has 0 bridgehead atoms. The fourth-order valence-corrected chi connectivity index (χ4v) is 2.51. The lowest BCUT2D eigenvalue weighted by Gasteiger charge is -2.17. The van der Waals surface area contributed by atoms with Crippen LogP contribution in [0.2, 0.25) is 0 Å². The molecule has 1 unspecified atom stereocenters. The molecule has 0 aliphatic rings. The summed E-state index contributed by atoms with van der Waals surface area (Å²) in [5.74, 6) is 0.129. The molecule has 0 heterocycles. The Hall–Kier alpha value is -2.08. The van der Waals surface area contributed by atoms with Gasteiger partial charge in [0.05, 0.1) is 25.8 Å². The smallest absolute Gasteiger partial charge is 0.254 e. The van der Waals surface area contributed by atoms with Crippen LogP contribution in [0.1, 0.15) is 28.9 Å². The zero-order valence-electron chi connectivity index (χ0n) is 13.0. The maximum absolute atomic E-state index is 13.8. The molecule has 122 valence electrons. The number of nitrogens with one attached hydrogen (secondary N) is 1. The lowest BCUT2D eigenvalue weighted by Crippen LogP contribution is -2.27. The number of rotatable bonds is 5. The summed E-state index contributed by atoms with van der Waals surface area (Å²) in [5.41, 5.74) is 0.818. The minimum absolute atomic E-state index is 0.00768. The fourth-order valence-electron chi connectivity index (χ4n) is 2.15. The molecule has 1 N–H and O–H groups in total. The normalized spacial score (nSPS) is 11.7. The summed E-state index contributed by atoms with van der Waals surface area (Å²) in [4.78, 5) is 12.3. The van der Waals surface area contributed by atoms with E-state index in [-0.39, 0.29) is 11.6 Å². The number of halogens is 2. The van der Waals surface area contributed by atoms with Gasteiger partial charge in [-0.1, -0.05) is 22.0 Å². The van der Waals surface area contributed by atoms with Crippen LogP contribution in [0, 0.1) is 5.82 Å². The molecule has 0 saturated carbocycles. The van der Waals surface area contributed by atoms with Crippen LogP contribution in [0.3, 0.4) is 0 Å². The van der Waals surface area contributed by atoms with Gasteiger partial charge >= 0.3 is 0 Å². The largest absolute Gasteiger partial charge is 0.493 e. The van der Waals surface area contributed by atoms with E-state index >= 15 is 0 Å². The van der Waals surface area contributed by atoms with Crippen molar-refractivity contribution in [2.24, 2.45) is 0 Å². The highest BCUT2D eigenvalue weighted by Gasteiger charge is 2.17. The van der Waals surface area contributed by atoms with Gasteiger partial charge in [-0.15, -0.1) is 0 Å². The molecule has 0 spiro atoms. The summed E-state index contributed by atoms with van der Waals surface area (Å²) in [6, 6.07) is 9.29. The first-order valence-electron chi connectivity index (χ1n) is 6.94. The van der Waals surface area contributed by atoms with Crippen molar-refractivity contribution >= 4 is 21.8 Å². The molecule has 0 fully saturated rings. The number of benzene rings is 2. The van der Waals surface area contributed by atoms with E-state index in [1.54, 1.807) is 32.4 Å². The van der Waals surface area contributed by atoms with Crippen molar-refractivity contribution in [1.29, 1.82) is 0 Å². The van der Waals surface area contributed by atoms with Crippen LogP contribution >= 0.6 is 15.9 Å². The summed E-state index contributed by atoms with van der Waals surface area (Å²) in [5, 5.41) is 2.77. The molecule has 23 heavy (non-hydrogen) atoms. The predicted octanol–water partition coefficient (Wildman–Crippen LogP) is 4.10. The molecule has 0 aromatic heterocycles. The van der Waals surface area contributed by atoms with Crippen molar-refractivity contribution in [3.63, 3.8) is 0 Å². The van der Waals surface area contributed by atoms with Crippen LogP contribution in [0.15, 0.2) is 40.9 Å². The van der Waals surface area contributed by atoms with Gasteiger partial charge in [0.1, 0.15) is 5.82 Å². The molecule has 2 rings (SSSR count). The lowest BCUT2D eigenvalue weighted by molar-refractivity contribution is 0.0935. The SMILES string of the molecule is COc1ccc(C(C)NC(=O)c2cc(Br)ccc2F)cc1OC. The molecular weight excluding hydrogens is 365 g/mol. The highest BCUT2D eigenvalue weighted by Crippen LogP contribution is 2.30. The van der Waals surface area contributed by atoms with E-state index in [2.05, 4.69) is 21.2 Å². The van der Waals surface area contributed by atoms with Gasteiger partial charge in [-0.05, 0) is 42.8 Å². The first-order chi connectivity index (χ1) is 11.0. The zero-order valence-corrected chi connectivity index (χ0v) is 14.6. The molecule has 4 nitrogen and oxygen atoms in total. The predicted molar refractivity (Wildman–Crippen MR) is 89.5 cm³/mol. The Bertz CT molecular complexity index is 721. The maximum Gasteiger partial charge on any atom is 0.254 e. The van der Waals surface area contributed by atoms with Crippen molar-refractivity contribution in [2.75, 3.05) is 14.2 Å². The molecule has 0 saturated heterocycles. The van der Waals surface area contributed by atoms with E-state index in [1.807, 2.05) is 13.0 Å². The molecule has 0 radical (unpaired) electrons. The van der Waals surface area contributed by atoms with Crippen molar-refractivity contribution in [1.82, 2.24) is 5.32 Å². The Morgan fingerprint density at radius 3 is 2.48 bits per heavy atom. The molecular formula is C17H17BrFNO3. The topological polar surface area (TPSA) is 47.6 Å². The van der Waals surface area contributed by atoms with Crippen LogP contribution in [-0.2, 0) is 0 Å². The fraction of sp³-hybridized carbons (Fsp3) is 0.235.